The molecule has 96 valence electrons. The van der Waals surface area contributed by atoms with E-state index in [2.05, 4.69) is 10.3 Å². The Morgan fingerprint density at radius 2 is 1.89 bits per heavy atom. The summed E-state index contributed by atoms with van der Waals surface area (Å²) in [6, 6.07) is 4.99. The highest BCUT2D eigenvalue weighted by Crippen LogP contribution is 2.29. The lowest BCUT2D eigenvalue weighted by Gasteiger charge is -2.09. The number of alkyl halides is 3. The molecule has 3 nitrogen and oxygen atoms in total. The third kappa shape index (κ3) is 3.26. The van der Waals surface area contributed by atoms with Crippen LogP contribution in [0.2, 0.25) is 0 Å². The minimum atomic E-state index is -4.28. The molecule has 0 saturated carbocycles. The summed E-state index contributed by atoms with van der Waals surface area (Å²) in [6.45, 7) is 1.34. The van der Waals surface area contributed by atoms with Crippen LogP contribution in [0.5, 0.6) is 0 Å². The highest BCUT2D eigenvalue weighted by molar-refractivity contribution is 5.45. The van der Waals surface area contributed by atoms with E-state index in [0.29, 0.717) is 18.8 Å². The summed E-state index contributed by atoms with van der Waals surface area (Å²) in [5.74, 6) is 0. The molecule has 0 atom stereocenters. The van der Waals surface area contributed by atoms with Crippen molar-refractivity contribution in [2.24, 2.45) is 0 Å². The number of imidazole rings is 1. The fourth-order valence-corrected chi connectivity index (χ4v) is 1.53. The smallest absolute Gasteiger partial charge is 0.383 e. The molecular formula is C12H12F3N3. The van der Waals surface area contributed by atoms with Crippen LogP contribution in [0.3, 0.4) is 0 Å². The van der Waals surface area contributed by atoms with E-state index in [0.717, 1.165) is 12.1 Å². The monoisotopic (exact) mass is 255 g/mol. The molecule has 2 rings (SSSR count). The van der Waals surface area contributed by atoms with Crippen LogP contribution in [0.1, 0.15) is 5.56 Å². The van der Waals surface area contributed by atoms with Gasteiger partial charge in [0.15, 0.2) is 0 Å². The van der Waals surface area contributed by atoms with Crippen molar-refractivity contribution >= 4 is 5.69 Å². The third-order valence-corrected chi connectivity index (χ3v) is 2.47. The van der Waals surface area contributed by atoms with Gasteiger partial charge in [-0.2, -0.15) is 13.2 Å². The van der Waals surface area contributed by atoms with Gasteiger partial charge < -0.3 is 9.88 Å². The van der Waals surface area contributed by atoms with Gasteiger partial charge >= 0.3 is 6.18 Å². The van der Waals surface area contributed by atoms with Crippen LogP contribution in [0.15, 0.2) is 43.0 Å². The van der Waals surface area contributed by atoms with Crippen LogP contribution in [-0.2, 0) is 12.7 Å². The summed E-state index contributed by atoms with van der Waals surface area (Å²) >= 11 is 0. The van der Waals surface area contributed by atoms with Crippen molar-refractivity contribution in [2.75, 3.05) is 11.9 Å². The Kier molecular flexibility index (Phi) is 3.55. The molecule has 0 amide bonds. The maximum Gasteiger partial charge on any atom is 0.416 e. The lowest BCUT2D eigenvalue weighted by atomic mass is 10.2. The zero-order chi connectivity index (χ0) is 13.0. The molecule has 0 radical (unpaired) electrons. The topological polar surface area (TPSA) is 29.9 Å². The average Bonchev–Trinajstić information content (AvgIpc) is 2.82. The lowest BCUT2D eigenvalue weighted by Crippen LogP contribution is -2.09. The number of aromatic nitrogens is 2. The number of anilines is 1. The van der Waals surface area contributed by atoms with E-state index < -0.39 is 11.7 Å². The highest BCUT2D eigenvalue weighted by Gasteiger charge is 2.29. The van der Waals surface area contributed by atoms with Gasteiger partial charge in [-0.3, -0.25) is 0 Å². The first-order valence-corrected chi connectivity index (χ1v) is 5.42. The number of nitrogens with one attached hydrogen (secondary N) is 1. The molecule has 0 unspecified atom stereocenters. The zero-order valence-corrected chi connectivity index (χ0v) is 9.48. The van der Waals surface area contributed by atoms with Gasteiger partial charge in [0.2, 0.25) is 0 Å². The fourth-order valence-electron chi connectivity index (χ4n) is 1.53. The van der Waals surface area contributed by atoms with E-state index in [1.165, 1.54) is 12.1 Å². The number of nitrogens with zero attached hydrogens (tertiary/aromatic N) is 2. The largest absolute Gasteiger partial charge is 0.416 e. The molecule has 2 aromatic rings. The van der Waals surface area contributed by atoms with Crippen LogP contribution >= 0.6 is 0 Å². The number of hydrogen-bond acceptors (Lipinski definition) is 2. The van der Waals surface area contributed by atoms with Crippen molar-refractivity contribution in [2.45, 2.75) is 12.7 Å². The molecule has 0 spiro atoms. The van der Waals surface area contributed by atoms with Crippen molar-refractivity contribution in [3.05, 3.63) is 48.5 Å². The molecule has 0 bridgehead atoms. The number of rotatable bonds is 4. The van der Waals surface area contributed by atoms with Gasteiger partial charge in [0.25, 0.3) is 0 Å². The Morgan fingerprint density at radius 1 is 1.17 bits per heavy atom. The maximum absolute atomic E-state index is 12.3. The van der Waals surface area contributed by atoms with Crippen molar-refractivity contribution in [3.63, 3.8) is 0 Å². The van der Waals surface area contributed by atoms with Gasteiger partial charge in [0.1, 0.15) is 0 Å². The predicted octanol–water partition coefficient (Wildman–Crippen LogP) is 3.01. The van der Waals surface area contributed by atoms with Crippen molar-refractivity contribution in [3.8, 4) is 0 Å². The van der Waals surface area contributed by atoms with E-state index in [4.69, 9.17) is 0 Å². The predicted molar refractivity (Wildman–Crippen MR) is 62.2 cm³/mol. The second-order valence-corrected chi connectivity index (χ2v) is 3.80. The van der Waals surface area contributed by atoms with Crippen LogP contribution in [0.25, 0.3) is 0 Å². The van der Waals surface area contributed by atoms with Crippen LogP contribution in [-0.4, -0.2) is 16.1 Å². The zero-order valence-electron chi connectivity index (χ0n) is 9.48. The van der Waals surface area contributed by atoms with Crippen LogP contribution in [0.4, 0.5) is 18.9 Å². The maximum atomic E-state index is 12.3. The van der Waals surface area contributed by atoms with Crippen LogP contribution < -0.4 is 5.32 Å². The molecular weight excluding hydrogens is 243 g/mol. The van der Waals surface area contributed by atoms with E-state index in [1.807, 2.05) is 10.8 Å². The van der Waals surface area contributed by atoms with Crippen molar-refractivity contribution in [1.82, 2.24) is 9.55 Å². The first-order valence-electron chi connectivity index (χ1n) is 5.42. The Morgan fingerprint density at radius 3 is 2.44 bits per heavy atom. The Labute approximate surface area is 102 Å². The first kappa shape index (κ1) is 12.5. The molecule has 1 aromatic carbocycles. The standard InChI is InChI=1S/C12H12F3N3/c13-12(14,15)10-1-3-11(4-2-10)17-6-8-18-7-5-16-9-18/h1-5,7,9,17H,6,8H2. The fraction of sp³-hybridized carbons (Fsp3) is 0.250. The van der Waals surface area contributed by atoms with Gasteiger partial charge in [0, 0.05) is 31.2 Å². The highest BCUT2D eigenvalue weighted by atomic mass is 19.4. The summed E-state index contributed by atoms with van der Waals surface area (Å²) in [7, 11) is 0. The summed E-state index contributed by atoms with van der Waals surface area (Å²) < 4.78 is 38.9. The lowest BCUT2D eigenvalue weighted by molar-refractivity contribution is -0.137. The van der Waals surface area contributed by atoms with Gasteiger partial charge in [-0.05, 0) is 24.3 Å². The van der Waals surface area contributed by atoms with E-state index in [9.17, 15) is 13.2 Å². The summed E-state index contributed by atoms with van der Waals surface area (Å²) in [5, 5.41) is 3.05. The van der Waals surface area contributed by atoms with Gasteiger partial charge in [0.05, 0.1) is 11.9 Å². The second-order valence-electron chi connectivity index (χ2n) is 3.80. The second kappa shape index (κ2) is 5.12. The molecule has 0 saturated heterocycles. The third-order valence-electron chi connectivity index (χ3n) is 2.47. The molecule has 1 N–H and O–H groups in total. The molecule has 0 aliphatic rings. The van der Waals surface area contributed by atoms with Crippen LogP contribution in [0, 0.1) is 0 Å². The minimum absolute atomic E-state index is 0.627. The molecule has 0 aliphatic carbocycles. The Balaban J connectivity index is 1.87. The molecule has 0 fully saturated rings. The SMILES string of the molecule is FC(F)(F)c1ccc(NCCn2ccnc2)cc1. The van der Waals surface area contributed by atoms with E-state index >= 15 is 0 Å². The van der Waals surface area contributed by atoms with Gasteiger partial charge in [-0.1, -0.05) is 0 Å². The number of hydrogen-bond donors (Lipinski definition) is 1. The average molecular weight is 255 g/mol. The van der Waals surface area contributed by atoms with Crippen molar-refractivity contribution < 1.29 is 13.2 Å². The van der Waals surface area contributed by atoms with E-state index in [-0.39, 0.29) is 0 Å². The first-order chi connectivity index (χ1) is 8.55. The van der Waals surface area contributed by atoms with Crippen molar-refractivity contribution in [1.29, 1.82) is 0 Å². The Hall–Kier alpha value is -1.98. The summed E-state index contributed by atoms with van der Waals surface area (Å²) in [5.41, 5.74) is 0.0331. The molecule has 6 heteroatoms. The number of halogens is 3. The van der Waals surface area contributed by atoms with Gasteiger partial charge in [-0.25, -0.2) is 4.98 Å². The minimum Gasteiger partial charge on any atom is -0.383 e. The molecule has 0 aliphatic heterocycles. The van der Waals surface area contributed by atoms with E-state index in [1.54, 1.807) is 12.5 Å². The Bertz CT molecular complexity index is 474. The molecule has 18 heavy (non-hydrogen) atoms. The molecule has 1 heterocycles. The normalized spacial score (nSPS) is 11.5. The summed E-state index contributed by atoms with van der Waals surface area (Å²) in [6.07, 6.45) is 0.913. The molecule has 1 aromatic heterocycles. The quantitative estimate of drug-likeness (QED) is 0.910. The van der Waals surface area contributed by atoms with Gasteiger partial charge in [-0.15, -0.1) is 0 Å². The summed E-state index contributed by atoms with van der Waals surface area (Å²) in [4.78, 5) is 3.90. The number of benzene rings is 1.